The second-order valence-corrected chi connectivity index (χ2v) is 9.54. The largest absolute Gasteiger partial charge is 0.494 e. The first kappa shape index (κ1) is 18.5. The van der Waals surface area contributed by atoms with Gasteiger partial charge in [0.15, 0.2) is 0 Å². The van der Waals surface area contributed by atoms with Gasteiger partial charge in [0.2, 0.25) is 0 Å². The first-order valence-electron chi connectivity index (χ1n) is 8.66. The molecule has 0 atom stereocenters. The summed E-state index contributed by atoms with van der Waals surface area (Å²) < 4.78 is 12.4. The Morgan fingerprint density at radius 2 is 1.35 bits per heavy atom. The standard InChI is InChI=1S/C20H33BO2/c1-14-13-15(21-22-19(7,8)20(9,10)23-21)11-12-16(14)18(5,6)17(2,3)4/h11-13H,1-10H3. The maximum Gasteiger partial charge on any atom is 0.494 e. The lowest BCUT2D eigenvalue weighted by molar-refractivity contribution is 0.00578. The Morgan fingerprint density at radius 1 is 0.870 bits per heavy atom. The van der Waals surface area contributed by atoms with Crippen molar-refractivity contribution in [1.29, 1.82) is 0 Å². The molecule has 0 amide bonds. The van der Waals surface area contributed by atoms with E-state index in [4.69, 9.17) is 9.31 Å². The summed E-state index contributed by atoms with van der Waals surface area (Å²) in [5.74, 6) is 0. The molecule has 0 radical (unpaired) electrons. The van der Waals surface area contributed by atoms with Crippen LogP contribution in [0.3, 0.4) is 0 Å². The lowest BCUT2D eigenvalue weighted by Crippen LogP contribution is -2.41. The minimum Gasteiger partial charge on any atom is -0.399 e. The molecule has 1 aromatic rings. The van der Waals surface area contributed by atoms with Gasteiger partial charge in [-0.2, -0.15) is 0 Å². The zero-order chi connectivity index (χ0) is 17.8. The molecule has 3 heteroatoms. The predicted molar refractivity (Wildman–Crippen MR) is 99.4 cm³/mol. The van der Waals surface area contributed by atoms with Gasteiger partial charge in [-0.25, -0.2) is 0 Å². The number of hydrogen-bond donors (Lipinski definition) is 0. The zero-order valence-corrected chi connectivity index (χ0v) is 16.6. The summed E-state index contributed by atoms with van der Waals surface area (Å²) in [6.45, 7) is 22.1. The monoisotopic (exact) mass is 316 g/mol. The molecule has 1 aliphatic heterocycles. The van der Waals surface area contributed by atoms with Crippen molar-refractivity contribution in [3.8, 4) is 0 Å². The molecule has 128 valence electrons. The molecule has 1 saturated heterocycles. The minimum atomic E-state index is -0.297. The molecule has 1 heterocycles. The van der Waals surface area contributed by atoms with Crippen LogP contribution in [-0.2, 0) is 14.7 Å². The molecule has 1 fully saturated rings. The molecule has 2 rings (SSSR count). The summed E-state index contributed by atoms with van der Waals surface area (Å²) in [4.78, 5) is 0. The van der Waals surface area contributed by atoms with Crippen LogP contribution in [-0.4, -0.2) is 18.3 Å². The van der Waals surface area contributed by atoms with Crippen LogP contribution < -0.4 is 5.46 Å². The first-order chi connectivity index (χ1) is 10.2. The molecule has 1 aliphatic rings. The molecule has 0 spiro atoms. The third-order valence-corrected chi connectivity index (χ3v) is 6.32. The Hall–Kier alpha value is -0.795. The van der Waals surface area contributed by atoms with E-state index in [2.05, 4.69) is 87.4 Å². The van der Waals surface area contributed by atoms with Gasteiger partial charge in [-0.1, -0.05) is 52.8 Å². The lowest BCUT2D eigenvalue weighted by atomic mass is 9.63. The molecule has 23 heavy (non-hydrogen) atoms. The number of rotatable bonds is 2. The summed E-state index contributed by atoms with van der Waals surface area (Å²) in [6, 6.07) is 6.64. The van der Waals surface area contributed by atoms with Crippen molar-refractivity contribution in [2.45, 2.75) is 85.9 Å². The molecular weight excluding hydrogens is 283 g/mol. The van der Waals surface area contributed by atoms with Gasteiger partial charge in [-0.05, 0) is 62.0 Å². The van der Waals surface area contributed by atoms with Gasteiger partial charge in [-0.15, -0.1) is 0 Å². The van der Waals surface area contributed by atoms with Crippen LogP contribution in [0.15, 0.2) is 18.2 Å². The molecule has 0 unspecified atom stereocenters. The van der Waals surface area contributed by atoms with Crippen molar-refractivity contribution in [3.63, 3.8) is 0 Å². The third-order valence-electron chi connectivity index (χ3n) is 6.32. The predicted octanol–water partition coefficient (Wildman–Crippen LogP) is 4.62. The Balaban J connectivity index is 2.35. The van der Waals surface area contributed by atoms with Crippen LogP contribution in [0, 0.1) is 12.3 Å². The van der Waals surface area contributed by atoms with E-state index in [1.165, 1.54) is 11.1 Å². The van der Waals surface area contributed by atoms with Gasteiger partial charge in [0, 0.05) is 0 Å². The molecule has 0 bridgehead atoms. The van der Waals surface area contributed by atoms with Crippen LogP contribution in [0.1, 0.15) is 73.4 Å². The van der Waals surface area contributed by atoms with Gasteiger partial charge < -0.3 is 9.31 Å². The molecule has 0 saturated carbocycles. The van der Waals surface area contributed by atoms with Gasteiger partial charge in [-0.3, -0.25) is 0 Å². The van der Waals surface area contributed by atoms with Crippen molar-refractivity contribution in [2.24, 2.45) is 5.41 Å². The maximum absolute atomic E-state index is 6.18. The van der Waals surface area contributed by atoms with Crippen molar-refractivity contribution in [2.75, 3.05) is 0 Å². The fourth-order valence-electron chi connectivity index (χ4n) is 2.92. The summed E-state index contributed by atoms with van der Waals surface area (Å²) >= 11 is 0. The lowest BCUT2D eigenvalue weighted by Gasteiger charge is -2.40. The number of aryl methyl sites for hydroxylation is 1. The quantitative estimate of drug-likeness (QED) is 0.741. The summed E-state index contributed by atoms with van der Waals surface area (Å²) in [5.41, 5.74) is 3.51. The Labute approximate surface area is 143 Å². The Bertz CT molecular complexity index is 578. The van der Waals surface area contributed by atoms with E-state index in [1.807, 2.05) is 0 Å². The maximum atomic E-state index is 6.18. The SMILES string of the molecule is Cc1cc(B2OC(C)(C)C(C)(C)O2)ccc1C(C)(C)C(C)(C)C. The van der Waals surface area contributed by atoms with Crippen molar-refractivity contribution < 1.29 is 9.31 Å². The fraction of sp³-hybridized carbons (Fsp3) is 0.700. The molecule has 0 N–H and O–H groups in total. The fourth-order valence-corrected chi connectivity index (χ4v) is 2.92. The van der Waals surface area contributed by atoms with Gasteiger partial charge in [0.1, 0.15) is 0 Å². The highest BCUT2D eigenvalue weighted by atomic mass is 16.7. The van der Waals surface area contributed by atoms with Gasteiger partial charge in [0.05, 0.1) is 11.2 Å². The molecule has 2 nitrogen and oxygen atoms in total. The van der Waals surface area contributed by atoms with Gasteiger partial charge in [0.25, 0.3) is 0 Å². The highest BCUT2D eigenvalue weighted by Crippen LogP contribution is 2.42. The van der Waals surface area contributed by atoms with E-state index in [1.54, 1.807) is 0 Å². The van der Waals surface area contributed by atoms with Crippen LogP contribution in [0.4, 0.5) is 0 Å². The normalized spacial score (nSPS) is 20.9. The van der Waals surface area contributed by atoms with E-state index in [0.29, 0.717) is 0 Å². The number of hydrogen-bond acceptors (Lipinski definition) is 2. The van der Waals surface area contributed by atoms with Crippen molar-refractivity contribution in [1.82, 2.24) is 0 Å². The first-order valence-corrected chi connectivity index (χ1v) is 8.66. The number of benzene rings is 1. The van der Waals surface area contributed by atoms with E-state index in [9.17, 15) is 0 Å². The van der Waals surface area contributed by atoms with Crippen LogP contribution >= 0.6 is 0 Å². The molecule has 1 aromatic carbocycles. The van der Waals surface area contributed by atoms with E-state index < -0.39 is 0 Å². The van der Waals surface area contributed by atoms with Crippen LogP contribution in [0.2, 0.25) is 0 Å². The molecule has 0 aromatic heterocycles. The van der Waals surface area contributed by atoms with Crippen molar-refractivity contribution >= 4 is 12.6 Å². The smallest absolute Gasteiger partial charge is 0.399 e. The van der Waals surface area contributed by atoms with Crippen molar-refractivity contribution in [3.05, 3.63) is 29.3 Å². The topological polar surface area (TPSA) is 18.5 Å². The summed E-state index contributed by atoms with van der Waals surface area (Å²) in [6.07, 6.45) is 0. The second kappa shape index (κ2) is 5.36. The van der Waals surface area contributed by atoms with E-state index >= 15 is 0 Å². The Kier molecular flexibility index (Phi) is 4.32. The minimum absolute atomic E-state index is 0.103. The molecule has 0 aliphatic carbocycles. The van der Waals surface area contributed by atoms with E-state index in [-0.39, 0.29) is 29.2 Å². The molecular formula is C20H33BO2. The highest BCUT2D eigenvalue weighted by molar-refractivity contribution is 6.62. The zero-order valence-electron chi connectivity index (χ0n) is 16.6. The van der Waals surface area contributed by atoms with E-state index in [0.717, 1.165) is 5.46 Å². The average Bonchev–Trinajstić information content (AvgIpc) is 2.56. The van der Waals surface area contributed by atoms with Gasteiger partial charge >= 0.3 is 7.12 Å². The average molecular weight is 316 g/mol. The van der Waals surface area contributed by atoms with Crippen LogP contribution in [0.5, 0.6) is 0 Å². The summed E-state index contributed by atoms with van der Waals surface area (Å²) in [7, 11) is -0.287. The van der Waals surface area contributed by atoms with Crippen LogP contribution in [0.25, 0.3) is 0 Å². The summed E-state index contributed by atoms with van der Waals surface area (Å²) in [5, 5.41) is 0. The second-order valence-electron chi connectivity index (χ2n) is 9.54. The Morgan fingerprint density at radius 3 is 1.74 bits per heavy atom. The third kappa shape index (κ3) is 3.10. The highest BCUT2D eigenvalue weighted by Gasteiger charge is 2.51.